The van der Waals surface area contributed by atoms with Crippen molar-refractivity contribution in [3.63, 3.8) is 0 Å². The summed E-state index contributed by atoms with van der Waals surface area (Å²) in [6.45, 7) is 0.408. The van der Waals surface area contributed by atoms with E-state index in [9.17, 15) is 13.2 Å². The predicted molar refractivity (Wildman–Crippen MR) is 136 cm³/mol. The molecular formula is C27H22N4O3S. The van der Waals surface area contributed by atoms with E-state index in [2.05, 4.69) is 15.5 Å². The fraction of sp³-hybridized carbons (Fsp3) is 0.0741. The van der Waals surface area contributed by atoms with Gasteiger partial charge in [0.25, 0.3) is 15.9 Å². The Morgan fingerprint density at radius 1 is 0.743 bits per heavy atom. The molecule has 1 heterocycles. The molecule has 4 aromatic rings. The van der Waals surface area contributed by atoms with Gasteiger partial charge in [-0.1, -0.05) is 36.4 Å². The molecule has 0 aromatic heterocycles. The summed E-state index contributed by atoms with van der Waals surface area (Å²) >= 11 is 0. The normalized spacial score (nSPS) is 13.1. The van der Waals surface area contributed by atoms with Crippen LogP contribution in [0, 0.1) is 0 Å². The van der Waals surface area contributed by atoms with E-state index < -0.39 is 10.0 Å². The van der Waals surface area contributed by atoms with Crippen LogP contribution in [0.5, 0.6) is 0 Å². The highest BCUT2D eigenvalue weighted by atomic mass is 32.2. The lowest BCUT2D eigenvalue weighted by atomic mass is 10.2. The summed E-state index contributed by atoms with van der Waals surface area (Å²) in [5.41, 5.74) is 4.09. The van der Waals surface area contributed by atoms with Gasteiger partial charge in [-0.3, -0.25) is 9.10 Å². The Labute approximate surface area is 203 Å². The van der Waals surface area contributed by atoms with Crippen molar-refractivity contribution in [3.05, 3.63) is 114 Å². The van der Waals surface area contributed by atoms with Gasteiger partial charge >= 0.3 is 0 Å². The van der Waals surface area contributed by atoms with Gasteiger partial charge in [0.15, 0.2) is 0 Å². The fourth-order valence-electron chi connectivity index (χ4n) is 3.89. The highest BCUT2D eigenvalue weighted by molar-refractivity contribution is 7.92. The molecule has 35 heavy (non-hydrogen) atoms. The number of para-hydroxylation sites is 1. The summed E-state index contributed by atoms with van der Waals surface area (Å²) in [5, 5.41) is 11.2. The van der Waals surface area contributed by atoms with Crippen molar-refractivity contribution in [2.24, 2.45) is 10.2 Å². The number of sulfonamides is 1. The van der Waals surface area contributed by atoms with Gasteiger partial charge in [-0.25, -0.2) is 8.42 Å². The average Bonchev–Trinajstić information content (AvgIpc) is 3.34. The van der Waals surface area contributed by atoms with Crippen LogP contribution in [0.3, 0.4) is 0 Å². The molecule has 1 N–H and O–H groups in total. The number of rotatable bonds is 6. The largest absolute Gasteiger partial charge is 0.322 e. The Balaban J connectivity index is 1.25. The number of nitrogens with one attached hydrogen (secondary N) is 1. The molecule has 0 spiro atoms. The van der Waals surface area contributed by atoms with Crippen LogP contribution in [-0.2, 0) is 16.4 Å². The van der Waals surface area contributed by atoms with Gasteiger partial charge in [0.2, 0.25) is 0 Å². The lowest BCUT2D eigenvalue weighted by molar-refractivity contribution is 0.102. The van der Waals surface area contributed by atoms with E-state index in [4.69, 9.17) is 0 Å². The smallest absolute Gasteiger partial charge is 0.264 e. The first-order valence-corrected chi connectivity index (χ1v) is 12.5. The number of fused-ring (bicyclic) bond motifs is 1. The van der Waals surface area contributed by atoms with Gasteiger partial charge in [-0.2, -0.15) is 10.2 Å². The second kappa shape index (κ2) is 9.52. The number of benzene rings is 4. The molecule has 1 aliphatic heterocycles. The molecule has 174 valence electrons. The van der Waals surface area contributed by atoms with Crippen LogP contribution in [0.15, 0.2) is 118 Å². The van der Waals surface area contributed by atoms with Crippen molar-refractivity contribution < 1.29 is 13.2 Å². The maximum atomic E-state index is 13.2. The minimum atomic E-state index is -3.70. The van der Waals surface area contributed by atoms with Gasteiger partial charge in [-0.15, -0.1) is 0 Å². The molecule has 0 fully saturated rings. The van der Waals surface area contributed by atoms with E-state index >= 15 is 0 Å². The molecule has 0 unspecified atom stereocenters. The first-order chi connectivity index (χ1) is 17.0. The Hall–Kier alpha value is -4.30. The average molecular weight is 483 g/mol. The zero-order valence-corrected chi connectivity index (χ0v) is 19.5. The van der Waals surface area contributed by atoms with Crippen LogP contribution in [0.2, 0.25) is 0 Å². The molecular weight excluding hydrogens is 460 g/mol. The summed E-state index contributed by atoms with van der Waals surface area (Å²) in [6.07, 6.45) is 0.683. The summed E-state index contributed by atoms with van der Waals surface area (Å²) in [6, 6.07) is 29.9. The number of carbonyl (C=O) groups excluding carboxylic acids is 1. The topological polar surface area (TPSA) is 91.2 Å². The molecule has 7 nitrogen and oxygen atoms in total. The summed E-state index contributed by atoms with van der Waals surface area (Å²) < 4.78 is 27.7. The van der Waals surface area contributed by atoms with Crippen molar-refractivity contribution in [1.29, 1.82) is 0 Å². The third kappa shape index (κ3) is 4.83. The van der Waals surface area contributed by atoms with E-state index in [1.54, 1.807) is 24.3 Å². The summed E-state index contributed by atoms with van der Waals surface area (Å²) in [7, 11) is -3.70. The van der Waals surface area contributed by atoms with E-state index in [0.29, 0.717) is 35.6 Å². The highest BCUT2D eigenvalue weighted by Gasteiger charge is 2.30. The van der Waals surface area contributed by atoms with Gasteiger partial charge in [-0.05, 0) is 78.7 Å². The van der Waals surface area contributed by atoms with E-state index in [1.807, 2.05) is 54.6 Å². The zero-order valence-electron chi connectivity index (χ0n) is 18.7. The number of carbonyl (C=O) groups is 1. The van der Waals surface area contributed by atoms with Gasteiger partial charge in [0.05, 0.1) is 22.0 Å². The number of hydrogen-bond acceptors (Lipinski definition) is 5. The number of hydrogen-bond donors (Lipinski definition) is 1. The maximum Gasteiger partial charge on any atom is 0.264 e. The van der Waals surface area contributed by atoms with Gasteiger partial charge in [0, 0.05) is 17.8 Å². The maximum absolute atomic E-state index is 13.2. The summed E-state index contributed by atoms with van der Waals surface area (Å²) in [5.74, 6) is -0.334. The van der Waals surface area contributed by atoms with Crippen LogP contribution < -0.4 is 9.62 Å². The van der Waals surface area contributed by atoms with E-state index in [-0.39, 0.29) is 10.8 Å². The quantitative estimate of drug-likeness (QED) is 0.336. The van der Waals surface area contributed by atoms with Gasteiger partial charge < -0.3 is 5.32 Å². The first kappa shape index (κ1) is 22.5. The third-order valence-electron chi connectivity index (χ3n) is 5.71. The van der Waals surface area contributed by atoms with Crippen LogP contribution in [-0.4, -0.2) is 20.9 Å². The fourth-order valence-corrected chi connectivity index (χ4v) is 5.39. The van der Waals surface area contributed by atoms with Gasteiger partial charge in [0.1, 0.15) is 0 Å². The first-order valence-electron chi connectivity index (χ1n) is 11.1. The minimum absolute atomic E-state index is 0.152. The third-order valence-corrected chi connectivity index (χ3v) is 7.54. The monoisotopic (exact) mass is 482 g/mol. The Morgan fingerprint density at radius 3 is 2.09 bits per heavy atom. The van der Waals surface area contributed by atoms with Crippen molar-refractivity contribution >= 4 is 38.7 Å². The molecule has 1 aliphatic rings. The minimum Gasteiger partial charge on any atom is -0.322 e. The number of nitrogens with zero attached hydrogens (tertiary/aromatic N) is 3. The Bertz CT molecular complexity index is 1480. The molecule has 0 atom stereocenters. The van der Waals surface area contributed by atoms with Crippen molar-refractivity contribution in [2.45, 2.75) is 11.3 Å². The molecule has 0 aliphatic carbocycles. The predicted octanol–water partition coefficient (Wildman–Crippen LogP) is 6.11. The van der Waals surface area contributed by atoms with Crippen molar-refractivity contribution in [3.8, 4) is 0 Å². The molecule has 0 radical (unpaired) electrons. The van der Waals surface area contributed by atoms with E-state index in [0.717, 1.165) is 11.3 Å². The summed E-state index contributed by atoms with van der Waals surface area (Å²) in [4.78, 5) is 12.8. The van der Waals surface area contributed by atoms with E-state index in [1.165, 1.54) is 28.6 Å². The second-order valence-corrected chi connectivity index (χ2v) is 9.88. The van der Waals surface area contributed by atoms with Crippen molar-refractivity contribution in [2.75, 3.05) is 16.2 Å². The molecule has 8 heteroatoms. The molecule has 5 rings (SSSR count). The molecule has 0 bridgehead atoms. The second-order valence-electron chi connectivity index (χ2n) is 8.02. The SMILES string of the molecule is O=C(Nc1ccc(N=Nc2ccccc2)cc1)c1ccc(S(=O)(=O)N2CCc3ccccc32)cc1. The van der Waals surface area contributed by atoms with Crippen LogP contribution >= 0.6 is 0 Å². The lowest BCUT2D eigenvalue weighted by Crippen LogP contribution is -2.29. The number of azo groups is 1. The van der Waals surface area contributed by atoms with Crippen LogP contribution in [0.1, 0.15) is 15.9 Å². The molecule has 1 amide bonds. The Morgan fingerprint density at radius 2 is 1.37 bits per heavy atom. The number of amides is 1. The van der Waals surface area contributed by atoms with Crippen LogP contribution in [0.4, 0.5) is 22.7 Å². The standard InChI is InChI=1S/C27H22N4O3S/c32-27(28-22-12-14-24(15-13-22)30-29-23-7-2-1-3-8-23)21-10-16-25(17-11-21)35(33,34)31-19-18-20-6-4-5-9-26(20)31/h1-17H,18-19H2,(H,28,32). The zero-order chi connectivity index (χ0) is 24.3. The van der Waals surface area contributed by atoms with Crippen molar-refractivity contribution in [1.82, 2.24) is 0 Å². The highest BCUT2D eigenvalue weighted by Crippen LogP contribution is 2.32. The molecule has 0 saturated heterocycles. The Kier molecular flexibility index (Phi) is 6.12. The number of anilines is 2. The molecule has 4 aromatic carbocycles. The lowest BCUT2D eigenvalue weighted by Gasteiger charge is -2.19. The van der Waals surface area contributed by atoms with Crippen LogP contribution in [0.25, 0.3) is 0 Å². The molecule has 0 saturated carbocycles.